The van der Waals surface area contributed by atoms with Crippen molar-refractivity contribution in [2.75, 3.05) is 19.7 Å². The van der Waals surface area contributed by atoms with Crippen molar-refractivity contribution in [3.05, 3.63) is 60.2 Å². The lowest BCUT2D eigenvalue weighted by atomic mass is 9.74. The third kappa shape index (κ3) is 6.64. The third-order valence-corrected chi connectivity index (χ3v) is 10.00. The highest BCUT2D eigenvalue weighted by Crippen LogP contribution is 2.57. The molecule has 5 bridgehead atoms. The number of hydrogen-bond donors (Lipinski definition) is 2. The van der Waals surface area contributed by atoms with E-state index in [1.165, 1.54) is 4.90 Å². The number of aliphatic hydroxyl groups excluding tert-OH is 1. The molecule has 4 aliphatic heterocycles. The van der Waals surface area contributed by atoms with Crippen LogP contribution in [-0.4, -0.2) is 87.6 Å². The Labute approximate surface area is 278 Å². The van der Waals surface area contributed by atoms with Crippen LogP contribution in [0, 0.1) is 23.2 Å². The van der Waals surface area contributed by atoms with Crippen LogP contribution in [0.25, 0.3) is 0 Å². The lowest BCUT2D eigenvalue weighted by Gasteiger charge is -2.46. The van der Waals surface area contributed by atoms with E-state index in [9.17, 15) is 19.5 Å². The quantitative estimate of drug-likeness (QED) is 0.353. The number of nitrogens with one attached hydrogen (secondary N) is 1. The Morgan fingerprint density at radius 3 is 2.36 bits per heavy atom. The van der Waals surface area contributed by atoms with Crippen molar-refractivity contribution in [3.63, 3.8) is 0 Å². The molecule has 0 saturated carbocycles. The number of ether oxygens (including phenoxy) is 2. The van der Waals surface area contributed by atoms with Crippen molar-refractivity contribution < 1.29 is 33.8 Å². The number of allylic oxidation sites excluding steroid dienone is 1. The van der Waals surface area contributed by atoms with Gasteiger partial charge in [0.15, 0.2) is 0 Å². The number of benzene rings is 1. The Morgan fingerprint density at radius 1 is 1.02 bits per heavy atom. The molecular weight excluding hydrogens is 598 g/mol. The topological polar surface area (TPSA) is 125 Å². The number of aliphatic hydroxyl groups is 1. The molecule has 10 heteroatoms. The summed E-state index contributed by atoms with van der Waals surface area (Å²) in [6.45, 7) is 14.2. The monoisotopic (exact) mass is 649 g/mol. The van der Waals surface area contributed by atoms with Gasteiger partial charge in [-0.05, 0) is 43.6 Å². The summed E-state index contributed by atoms with van der Waals surface area (Å²) in [5, 5.41) is 13.5. The van der Waals surface area contributed by atoms with E-state index in [4.69, 9.17) is 9.47 Å². The van der Waals surface area contributed by atoms with Crippen LogP contribution < -0.4 is 5.32 Å². The molecule has 0 aromatic heterocycles. The first-order valence-corrected chi connectivity index (χ1v) is 16.9. The molecule has 3 amide bonds. The van der Waals surface area contributed by atoms with E-state index in [2.05, 4.69) is 26.1 Å². The number of cyclic esters (lactones) is 1. The smallest absolute Gasteiger partial charge is 0.313 e. The van der Waals surface area contributed by atoms with Crippen LogP contribution in [0.4, 0.5) is 0 Å². The summed E-state index contributed by atoms with van der Waals surface area (Å²) in [6, 6.07) is 7.40. The van der Waals surface area contributed by atoms with Crippen LogP contribution >= 0.6 is 0 Å². The molecular formula is C37H51N3O7. The number of hydrogen-bond acceptors (Lipinski definition) is 7. The predicted octanol–water partition coefficient (Wildman–Crippen LogP) is 3.95. The van der Waals surface area contributed by atoms with Gasteiger partial charge in [-0.2, -0.15) is 0 Å². The lowest BCUT2D eigenvalue weighted by molar-refractivity contribution is -0.161. The molecule has 1 aromatic carbocycles. The van der Waals surface area contributed by atoms with Gasteiger partial charge in [0.05, 0.1) is 31.2 Å². The second-order valence-electron chi connectivity index (χ2n) is 15.6. The summed E-state index contributed by atoms with van der Waals surface area (Å²) in [4.78, 5) is 60.1. The Kier molecular flexibility index (Phi) is 9.77. The maximum Gasteiger partial charge on any atom is 0.313 e. The first kappa shape index (κ1) is 34.8. The molecule has 1 aromatic rings. The van der Waals surface area contributed by atoms with Crippen molar-refractivity contribution in [1.82, 2.24) is 15.1 Å². The van der Waals surface area contributed by atoms with Crippen molar-refractivity contribution in [2.24, 2.45) is 23.2 Å². The zero-order valence-corrected chi connectivity index (χ0v) is 28.8. The molecule has 1 spiro atoms. The summed E-state index contributed by atoms with van der Waals surface area (Å²) in [5.41, 5.74) is -1.46. The molecule has 4 aliphatic rings. The fraction of sp³-hybridized carbons (Fsp3) is 0.622. The van der Waals surface area contributed by atoms with Crippen LogP contribution in [0.3, 0.4) is 0 Å². The van der Waals surface area contributed by atoms with Gasteiger partial charge in [-0.25, -0.2) is 0 Å². The van der Waals surface area contributed by atoms with Gasteiger partial charge in [0.25, 0.3) is 0 Å². The largest absolute Gasteiger partial charge is 0.455 e. The normalized spacial score (nSPS) is 31.6. The molecule has 0 aliphatic carbocycles. The van der Waals surface area contributed by atoms with Crippen LogP contribution in [0.5, 0.6) is 0 Å². The van der Waals surface area contributed by atoms with E-state index in [0.717, 1.165) is 0 Å². The molecule has 0 radical (unpaired) electrons. The minimum absolute atomic E-state index is 0.0675. The van der Waals surface area contributed by atoms with Crippen LogP contribution in [-0.2, 0) is 28.7 Å². The van der Waals surface area contributed by atoms with E-state index in [0.29, 0.717) is 18.4 Å². The number of fused-ring (bicyclic) bond motifs is 2. The van der Waals surface area contributed by atoms with E-state index >= 15 is 4.79 Å². The van der Waals surface area contributed by atoms with Gasteiger partial charge in [-0.15, -0.1) is 0 Å². The molecule has 2 N–H and O–H groups in total. The van der Waals surface area contributed by atoms with Crippen molar-refractivity contribution in [2.45, 2.75) is 103 Å². The highest BCUT2D eigenvalue weighted by Gasteiger charge is 2.74. The van der Waals surface area contributed by atoms with E-state index in [-0.39, 0.29) is 49.3 Å². The molecule has 0 unspecified atom stereocenters. The summed E-state index contributed by atoms with van der Waals surface area (Å²) in [5.74, 6) is -3.72. The van der Waals surface area contributed by atoms with Crippen molar-refractivity contribution in [3.8, 4) is 0 Å². The molecule has 4 heterocycles. The number of carbonyl (C=O) groups is 4. The minimum atomic E-state index is -1.41. The van der Waals surface area contributed by atoms with Crippen molar-refractivity contribution in [1.29, 1.82) is 0 Å². The molecule has 7 atom stereocenters. The number of nitrogens with zero attached hydrogens (tertiary/aromatic N) is 2. The SMILES string of the molecule is CC(C)[C@H](CO)N1C(=O)[C@H]2[C@@H]3C(=O)O[C@H](c4ccccc4)CNC(=O)CC/C=C\CN(C(C)(C)CC(C)(C)C)C(=O)[C@H]1[C@@]21C=C[C@@H]3O1. The number of amides is 3. The second-order valence-corrected chi connectivity index (χ2v) is 15.6. The molecule has 10 nitrogen and oxygen atoms in total. The van der Waals surface area contributed by atoms with Gasteiger partial charge in [0, 0.05) is 18.5 Å². The average molecular weight is 650 g/mol. The number of carbonyl (C=O) groups excluding carboxylic acids is 4. The molecule has 5 rings (SSSR count). The van der Waals surface area contributed by atoms with Crippen molar-refractivity contribution >= 4 is 23.7 Å². The minimum Gasteiger partial charge on any atom is -0.455 e. The summed E-state index contributed by atoms with van der Waals surface area (Å²) in [6.07, 6.45) is 7.16. The first-order chi connectivity index (χ1) is 22.1. The standard InChI is InChI=1S/C37H51N3O7/c1-23(2)25(21-41)40-31-33(44)39(36(6,7)22-35(3,4)5)19-13-9-12-16-28(42)38-20-27(24-14-10-8-11-15-24)46-34(45)29-26-17-18-37(31,47-26)30(29)32(40)43/h8-11,13-15,17-18,23,25-27,29-31,41H,12,16,19-22H2,1-7H3,(H,38,42)/b13-9-/t25-,26-,27-,29+,30+,31-,37+/m0/s1. The first-order valence-electron chi connectivity index (χ1n) is 16.9. The van der Waals surface area contributed by atoms with Gasteiger partial charge in [-0.3, -0.25) is 19.2 Å². The molecule has 2 fully saturated rings. The predicted molar refractivity (Wildman–Crippen MR) is 177 cm³/mol. The fourth-order valence-electron chi connectivity index (χ4n) is 8.23. The summed E-state index contributed by atoms with van der Waals surface area (Å²) >= 11 is 0. The number of likely N-dealkylation sites (tertiary alicyclic amines) is 1. The van der Waals surface area contributed by atoms with Crippen LogP contribution in [0.1, 0.15) is 79.4 Å². The maximum atomic E-state index is 15.1. The lowest BCUT2D eigenvalue weighted by Crippen LogP contribution is -2.63. The van der Waals surface area contributed by atoms with Gasteiger partial charge in [-0.1, -0.05) is 89.3 Å². The highest BCUT2D eigenvalue weighted by molar-refractivity contribution is 5.99. The molecule has 47 heavy (non-hydrogen) atoms. The Balaban J connectivity index is 1.63. The van der Waals surface area contributed by atoms with Gasteiger partial charge >= 0.3 is 5.97 Å². The Bertz CT molecular complexity index is 1410. The highest BCUT2D eigenvalue weighted by atomic mass is 16.6. The average Bonchev–Trinajstić information content (AvgIpc) is 3.63. The third-order valence-electron chi connectivity index (χ3n) is 10.00. The van der Waals surface area contributed by atoms with Crippen LogP contribution in [0.15, 0.2) is 54.6 Å². The number of rotatable bonds is 6. The Morgan fingerprint density at radius 2 is 1.72 bits per heavy atom. The zero-order valence-electron chi connectivity index (χ0n) is 28.8. The Hall–Kier alpha value is -3.50. The van der Waals surface area contributed by atoms with Gasteiger partial charge in [0.1, 0.15) is 23.7 Å². The van der Waals surface area contributed by atoms with Crippen LogP contribution in [0.2, 0.25) is 0 Å². The van der Waals surface area contributed by atoms with E-state index < -0.39 is 59.1 Å². The second kappa shape index (κ2) is 13.2. The summed E-state index contributed by atoms with van der Waals surface area (Å²) in [7, 11) is 0. The van der Waals surface area contributed by atoms with E-state index in [1.54, 1.807) is 17.1 Å². The van der Waals surface area contributed by atoms with E-state index in [1.807, 2.05) is 70.2 Å². The fourth-order valence-corrected chi connectivity index (χ4v) is 8.23. The zero-order chi connectivity index (χ0) is 34.3. The summed E-state index contributed by atoms with van der Waals surface area (Å²) < 4.78 is 12.7. The van der Waals surface area contributed by atoms with Gasteiger partial charge in [0.2, 0.25) is 17.7 Å². The molecule has 2 saturated heterocycles. The molecule has 256 valence electrons. The number of esters is 1. The maximum absolute atomic E-state index is 15.1. The van der Waals surface area contributed by atoms with Gasteiger partial charge < -0.3 is 29.7 Å².